The topological polar surface area (TPSA) is 54.4 Å². The molecule has 1 N–H and O–H groups in total. The summed E-state index contributed by atoms with van der Waals surface area (Å²) in [6, 6.07) is 0. The molecule has 0 amide bonds. The van der Waals surface area contributed by atoms with Gasteiger partial charge < -0.3 is 5.11 Å². The zero-order valence-electron chi connectivity index (χ0n) is 19.1. The number of Topliss-reactive ketones (excluding diaryl/α,β-unsaturated/α-hetero) is 1. The molecule has 4 rings (SSSR count). The summed E-state index contributed by atoms with van der Waals surface area (Å²) < 4.78 is 0. The Kier molecular flexibility index (Phi) is 5.66. The number of rotatable bonds is 5. The van der Waals surface area contributed by atoms with E-state index in [1.165, 1.54) is 51.4 Å². The van der Waals surface area contributed by atoms with Gasteiger partial charge in [-0.2, -0.15) is 0 Å². The van der Waals surface area contributed by atoms with Crippen molar-refractivity contribution in [3.63, 3.8) is 0 Å². The molecule has 4 aliphatic carbocycles. The second-order valence-electron chi connectivity index (χ2n) is 11.7. The van der Waals surface area contributed by atoms with Crippen LogP contribution in [0, 0.1) is 52.3 Å². The number of hydrogen-bond donors (Lipinski definition) is 1. The van der Waals surface area contributed by atoms with Gasteiger partial charge in [0.25, 0.3) is 0 Å². The number of carboxylic acid groups (broad SMARTS) is 1. The van der Waals surface area contributed by atoms with Crippen LogP contribution >= 0.6 is 0 Å². The summed E-state index contributed by atoms with van der Waals surface area (Å²) in [4.78, 5) is 25.0. The minimum atomic E-state index is -0.676. The van der Waals surface area contributed by atoms with Crippen LogP contribution in [0.3, 0.4) is 0 Å². The molecule has 4 saturated carbocycles. The lowest BCUT2D eigenvalue weighted by Crippen LogP contribution is -2.59. The highest BCUT2D eigenvalue weighted by molar-refractivity contribution is 5.86. The molecule has 0 heterocycles. The molecule has 0 aromatic rings. The number of carboxylic acids is 1. The molecule has 0 bridgehead atoms. The Bertz CT molecular complexity index is 656. The number of hydrogen-bond acceptors (Lipinski definition) is 2. The van der Waals surface area contributed by atoms with Crippen molar-refractivity contribution in [1.82, 2.24) is 0 Å². The van der Waals surface area contributed by atoms with Crippen molar-refractivity contribution in [3.05, 3.63) is 0 Å². The van der Waals surface area contributed by atoms with Gasteiger partial charge in [0, 0.05) is 18.3 Å². The van der Waals surface area contributed by atoms with E-state index in [-0.39, 0.29) is 23.7 Å². The minimum Gasteiger partial charge on any atom is -0.481 e. The first-order chi connectivity index (χ1) is 13.7. The third-order valence-electron chi connectivity index (χ3n) is 10.6. The number of carbonyl (C=O) groups is 2. The lowest BCUT2D eigenvalue weighted by Gasteiger charge is -2.62. The van der Waals surface area contributed by atoms with E-state index in [4.69, 9.17) is 5.11 Å². The molecule has 0 aliphatic heterocycles. The summed E-state index contributed by atoms with van der Waals surface area (Å²) in [5.74, 6) is 3.26. The Balaban J connectivity index is 1.62. The lowest BCUT2D eigenvalue weighted by atomic mass is 9.42. The number of carbonyl (C=O) groups excluding carboxylic acids is 1. The standard InChI is InChI=1S/C26H42O3/c1-5-17-19-8-6-7-14-25(19,3)21-13-15-26(4)18(16(2)9-12-22(27)28)10-11-20(26)23(21)24(17)29/h16-21,23H,5-15H2,1-4H3,(H,27,28)/t16-,17-,18-,19+,20?,21?,23?,25+,26-/m1/s1. The Hall–Kier alpha value is -0.860. The first-order valence-electron chi connectivity index (χ1n) is 12.5. The summed E-state index contributed by atoms with van der Waals surface area (Å²) in [6.07, 6.45) is 12.2. The molecule has 0 saturated heterocycles. The van der Waals surface area contributed by atoms with E-state index < -0.39 is 5.97 Å². The maximum Gasteiger partial charge on any atom is 0.303 e. The van der Waals surface area contributed by atoms with Crippen LogP contribution in [0.1, 0.15) is 98.3 Å². The zero-order valence-corrected chi connectivity index (χ0v) is 19.1. The third kappa shape index (κ3) is 3.21. The smallest absolute Gasteiger partial charge is 0.303 e. The van der Waals surface area contributed by atoms with Crippen LogP contribution in [0.25, 0.3) is 0 Å². The monoisotopic (exact) mass is 402 g/mol. The highest BCUT2D eigenvalue weighted by Crippen LogP contribution is 2.68. The molecule has 4 fully saturated rings. The second kappa shape index (κ2) is 7.68. The Morgan fingerprint density at radius 1 is 1.03 bits per heavy atom. The predicted octanol–water partition coefficient (Wildman–Crippen LogP) is 6.35. The van der Waals surface area contributed by atoms with Crippen molar-refractivity contribution in [1.29, 1.82) is 0 Å². The first kappa shape index (κ1) is 21.4. The summed E-state index contributed by atoms with van der Waals surface area (Å²) in [5.41, 5.74) is 0.594. The summed E-state index contributed by atoms with van der Waals surface area (Å²) >= 11 is 0. The largest absolute Gasteiger partial charge is 0.481 e. The molecule has 9 atom stereocenters. The first-order valence-corrected chi connectivity index (χ1v) is 12.5. The van der Waals surface area contributed by atoms with Crippen LogP contribution in [-0.2, 0) is 9.59 Å². The Morgan fingerprint density at radius 2 is 1.76 bits per heavy atom. The molecular weight excluding hydrogens is 360 g/mol. The molecule has 4 aliphatic rings. The molecule has 164 valence electrons. The minimum absolute atomic E-state index is 0.227. The molecule has 0 radical (unpaired) electrons. The van der Waals surface area contributed by atoms with E-state index in [2.05, 4.69) is 27.7 Å². The highest BCUT2D eigenvalue weighted by atomic mass is 16.4. The van der Waals surface area contributed by atoms with E-state index >= 15 is 0 Å². The molecule has 0 spiro atoms. The van der Waals surface area contributed by atoms with Crippen LogP contribution in [0.4, 0.5) is 0 Å². The predicted molar refractivity (Wildman–Crippen MR) is 115 cm³/mol. The van der Waals surface area contributed by atoms with Crippen molar-refractivity contribution in [2.75, 3.05) is 0 Å². The molecule has 3 heteroatoms. The average molecular weight is 403 g/mol. The molecule has 0 aromatic carbocycles. The Morgan fingerprint density at radius 3 is 2.45 bits per heavy atom. The van der Waals surface area contributed by atoms with Gasteiger partial charge in [-0.15, -0.1) is 0 Å². The molecule has 29 heavy (non-hydrogen) atoms. The van der Waals surface area contributed by atoms with Crippen LogP contribution < -0.4 is 0 Å². The molecule has 0 aromatic heterocycles. The number of fused-ring (bicyclic) bond motifs is 5. The van der Waals surface area contributed by atoms with Crippen molar-refractivity contribution >= 4 is 11.8 Å². The molecule has 3 unspecified atom stereocenters. The van der Waals surface area contributed by atoms with Crippen LogP contribution in [-0.4, -0.2) is 16.9 Å². The van der Waals surface area contributed by atoms with Crippen molar-refractivity contribution in [2.24, 2.45) is 52.3 Å². The highest BCUT2D eigenvalue weighted by Gasteiger charge is 2.64. The second-order valence-corrected chi connectivity index (χ2v) is 11.7. The zero-order chi connectivity index (χ0) is 21.0. The molecular formula is C26H42O3. The van der Waals surface area contributed by atoms with E-state index in [1.807, 2.05) is 0 Å². The van der Waals surface area contributed by atoms with Gasteiger partial charge >= 0.3 is 5.97 Å². The summed E-state index contributed by atoms with van der Waals surface area (Å²) in [7, 11) is 0. The normalized spacial score (nSPS) is 47.8. The number of aliphatic carboxylic acids is 1. The number of ketones is 1. The van der Waals surface area contributed by atoms with Gasteiger partial charge in [0.2, 0.25) is 0 Å². The fourth-order valence-electron chi connectivity index (χ4n) is 9.24. The van der Waals surface area contributed by atoms with Gasteiger partial charge in [-0.3, -0.25) is 9.59 Å². The van der Waals surface area contributed by atoms with Gasteiger partial charge in [-0.25, -0.2) is 0 Å². The van der Waals surface area contributed by atoms with Crippen molar-refractivity contribution in [3.8, 4) is 0 Å². The van der Waals surface area contributed by atoms with Crippen LogP contribution in [0.15, 0.2) is 0 Å². The van der Waals surface area contributed by atoms with Gasteiger partial charge in [0.15, 0.2) is 0 Å². The maximum atomic E-state index is 13.9. The van der Waals surface area contributed by atoms with Gasteiger partial charge in [0.05, 0.1) is 0 Å². The van der Waals surface area contributed by atoms with Gasteiger partial charge in [-0.05, 0) is 91.8 Å². The van der Waals surface area contributed by atoms with Crippen LogP contribution in [0.5, 0.6) is 0 Å². The van der Waals surface area contributed by atoms with Gasteiger partial charge in [-0.1, -0.05) is 40.5 Å². The maximum absolute atomic E-state index is 13.9. The lowest BCUT2D eigenvalue weighted by molar-refractivity contribution is -0.168. The van der Waals surface area contributed by atoms with E-state index in [0.29, 0.717) is 40.8 Å². The third-order valence-corrected chi connectivity index (χ3v) is 10.6. The quantitative estimate of drug-likeness (QED) is 0.583. The SMILES string of the molecule is CC[C@H]1C(=O)C2C3CC[C@H]([C@H](C)CCC(=O)O)[C@@]3(C)CCC2[C@@]2(C)CCCC[C@@H]12. The molecule has 3 nitrogen and oxygen atoms in total. The summed E-state index contributed by atoms with van der Waals surface area (Å²) in [6.45, 7) is 9.52. The van der Waals surface area contributed by atoms with Crippen LogP contribution in [0.2, 0.25) is 0 Å². The fourth-order valence-corrected chi connectivity index (χ4v) is 9.24. The summed E-state index contributed by atoms with van der Waals surface area (Å²) in [5, 5.41) is 9.14. The Labute approximate surface area is 177 Å². The van der Waals surface area contributed by atoms with E-state index in [1.54, 1.807) is 0 Å². The fraction of sp³-hybridized carbons (Fsp3) is 0.923. The van der Waals surface area contributed by atoms with Crippen molar-refractivity contribution in [2.45, 2.75) is 98.3 Å². The van der Waals surface area contributed by atoms with E-state index in [0.717, 1.165) is 12.8 Å². The van der Waals surface area contributed by atoms with Crippen molar-refractivity contribution < 1.29 is 14.7 Å². The van der Waals surface area contributed by atoms with Gasteiger partial charge in [0.1, 0.15) is 5.78 Å². The average Bonchev–Trinajstić information content (AvgIpc) is 3.04. The van der Waals surface area contributed by atoms with E-state index in [9.17, 15) is 9.59 Å².